The van der Waals surface area contributed by atoms with E-state index in [-0.39, 0.29) is 5.56 Å². The molecule has 7 heteroatoms. The molecule has 102 valence electrons. The minimum absolute atomic E-state index is 0.0113. The van der Waals surface area contributed by atoms with E-state index < -0.39 is 11.5 Å². The number of anilines is 1. The summed E-state index contributed by atoms with van der Waals surface area (Å²) in [6.07, 6.45) is 1.69. The summed E-state index contributed by atoms with van der Waals surface area (Å²) in [5.74, 6) is -0.490. The Morgan fingerprint density at radius 1 is 1.45 bits per heavy atom. The third-order valence-electron chi connectivity index (χ3n) is 3.18. The first kappa shape index (κ1) is 12.2. The molecule has 3 aromatic rings. The van der Waals surface area contributed by atoms with Crippen LogP contribution in [-0.2, 0) is 7.05 Å². The van der Waals surface area contributed by atoms with Gasteiger partial charge in [0.15, 0.2) is 0 Å². The average molecular weight is 272 g/mol. The average Bonchev–Trinajstić information content (AvgIpc) is 2.94. The molecule has 1 amide bonds. The number of fused-ring (bicyclic) bond motifs is 1. The Morgan fingerprint density at radius 3 is 2.95 bits per heavy atom. The predicted molar refractivity (Wildman–Crippen MR) is 72.7 cm³/mol. The number of carbonyl (C=O) groups is 1. The van der Waals surface area contributed by atoms with E-state index in [0.29, 0.717) is 11.4 Å². The number of nitrogens with one attached hydrogen (secondary N) is 2. The van der Waals surface area contributed by atoms with Crippen LogP contribution in [0.4, 0.5) is 5.69 Å². The van der Waals surface area contributed by atoms with Crippen LogP contribution in [0.3, 0.4) is 0 Å². The molecule has 0 spiro atoms. The maximum Gasteiger partial charge on any atom is 0.370 e. The zero-order valence-electron chi connectivity index (χ0n) is 10.9. The van der Waals surface area contributed by atoms with Crippen LogP contribution < -0.4 is 10.9 Å². The van der Waals surface area contributed by atoms with Crippen molar-refractivity contribution in [2.24, 2.45) is 7.05 Å². The minimum atomic E-state index is -0.648. The van der Waals surface area contributed by atoms with Crippen LogP contribution in [0.15, 0.2) is 33.7 Å². The number of aryl methyl sites for hydroxylation is 1. The van der Waals surface area contributed by atoms with E-state index in [9.17, 15) is 9.59 Å². The maximum absolute atomic E-state index is 12.1. The van der Waals surface area contributed by atoms with Gasteiger partial charge in [-0.15, -0.1) is 0 Å². The third-order valence-corrected chi connectivity index (χ3v) is 3.18. The van der Waals surface area contributed by atoms with Crippen molar-refractivity contribution in [3.05, 3.63) is 46.1 Å². The molecule has 0 unspecified atom stereocenters. The Morgan fingerprint density at radius 2 is 2.25 bits per heavy atom. The number of hydrogen-bond acceptors (Lipinski definition) is 4. The summed E-state index contributed by atoms with van der Waals surface area (Å²) in [5, 5.41) is 10.3. The summed E-state index contributed by atoms with van der Waals surface area (Å²) in [7, 11) is 1.57. The summed E-state index contributed by atoms with van der Waals surface area (Å²) in [4.78, 5) is 23.7. The van der Waals surface area contributed by atoms with Gasteiger partial charge in [-0.1, -0.05) is 0 Å². The lowest BCUT2D eigenvalue weighted by Crippen LogP contribution is -2.19. The Kier molecular flexibility index (Phi) is 2.67. The summed E-state index contributed by atoms with van der Waals surface area (Å²) in [6, 6.07) is 5.32. The number of aromatic nitrogens is 3. The van der Waals surface area contributed by atoms with Crippen LogP contribution in [0.25, 0.3) is 10.9 Å². The summed E-state index contributed by atoms with van der Waals surface area (Å²) in [5.41, 5.74) is 1.23. The first-order chi connectivity index (χ1) is 9.56. The molecule has 2 N–H and O–H groups in total. The fraction of sp³-hybridized carbons (Fsp3) is 0.154. The molecule has 1 aromatic carbocycles. The van der Waals surface area contributed by atoms with Crippen LogP contribution in [0.1, 0.15) is 16.1 Å². The van der Waals surface area contributed by atoms with Crippen molar-refractivity contribution < 1.29 is 9.32 Å². The highest BCUT2D eigenvalue weighted by atomic mass is 16.5. The molecule has 0 atom stereocenters. The number of aromatic amines is 1. The van der Waals surface area contributed by atoms with Gasteiger partial charge in [0.1, 0.15) is 5.56 Å². The van der Waals surface area contributed by atoms with Gasteiger partial charge in [0.2, 0.25) is 0 Å². The predicted octanol–water partition coefficient (Wildman–Crippen LogP) is 1.42. The van der Waals surface area contributed by atoms with E-state index in [2.05, 4.69) is 15.5 Å². The van der Waals surface area contributed by atoms with Crippen LogP contribution in [-0.4, -0.2) is 20.8 Å². The second-order valence-corrected chi connectivity index (χ2v) is 4.46. The second kappa shape index (κ2) is 4.37. The molecular weight excluding hydrogens is 260 g/mol. The molecule has 2 aromatic heterocycles. The molecular formula is C13H12N4O3. The molecule has 20 heavy (non-hydrogen) atoms. The number of rotatable bonds is 2. The van der Waals surface area contributed by atoms with Gasteiger partial charge in [-0.25, -0.2) is 9.53 Å². The zero-order chi connectivity index (χ0) is 14.3. The second-order valence-electron chi connectivity index (χ2n) is 4.46. The Bertz CT molecular complexity index is 856. The van der Waals surface area contributed by atoms with Crippen LogP contribution in [0, 0.1) is 6.92 Å². The number of nitrogens with zero attached hydrogens (tertiary/aromatic N) is 2. The van der Waals surface area contributed by atoms with Gasteiger partial charge in [-0.3, -0.25) is 9.89 Å². The molecule has 0 radical (unpaired) electrons. The molecule has 3 rings (SSSR count). The van der Waals surface area contributed by atoms with Crippen molar-refractivity contribution in [3.63, 3.8) is 0 Å². The lowest BCUT2D eigenvalue weighted by atomic mass is 10.2. The number of H-pyrrole nitrogens is 1. The van der Waals surface area contributed by atoms with Crippen LogP contribution >= 0.6 is 0 Å². The van der Waals surface area contributed by atoms with Crippen molar-refractivity contribution in [1.82, 2.24) is 14.9 Å². The summed E-state index contributed by atoms with van der Waals surface area (Å²) < 4.78 is 6.12. The van der Waals surface area contributed by atoms with Crippen molar-refractivity contribution in [2.45, 2.75) is 6.92 Å². The van der Waals surface area contributed by atoms with Crippen molar-refractivity contribution >= 4 is 22.5 Å². The van der Waals surface area contributed by atoms with Crippen molar-refractivity contribution in [3.8, 4) is 0 Å². The first-order valence-electron chi connectivity index (χ1n) is 5.97. The van der Waals surface area contributed by atoms with Crippen LogP contribution in [0.5, 0.6) is 0 Å². The molecule has 2 heterocycles. The SMILES string of the molecule is Cc1c(C(=O)Nc2ccc3cn[nH]c3c2)c(=O)on1C. The molecule has 0 aliphatic rings. The third kappa shape index (κ3) is 1.89. The molecule has 0 saturated carbocycles. The quantitative estimate of drug-likeness (QED) is 0.737. The van der Waals surface area contributed by atoms with Gasteiger partial charge >= 0.3 is 5.63 Å². The van der Waals surface area contributed by atoms with Gasteiger partial charge in [-0.05, 0) is 25.1 Å². The summed E-state index contributed by atoms with van der Waals surface area (Å²) >= 11 is 0. The lowest BCUT2D eigenvalue weighted by Gasteiger charge is -2.03. The van der Waals surface area contributed by atoms with Crippen molar-refractivity contribution in [2.75, 3.05) is 5.32 Å². The topological polar surface area (TPSA) is 92.9 Å². The Hall–Kier alpha value is -2.83. The van der Waals surface area contributed by atoms with E-state index >= 15 is 0 Å². The molecule has 0 aliphatic heterocycles. The maximum atomic E-state index is 12.1. The van der Waals surface area contributed by atoms with Gasteiger partial charge in [0.25, 0.3) is 5.91 Å². The van der Waals surface area contributed by atoms with Crippen molar-refractivity contribution in [1.29, 1.82) is 0 Å². The molecule has 0 bridgehead atoms. The van der Waals surface area contributed by atoms with Crippen LogP contribution in [0.2, 0.25) is 0 Å². The van der Waals surface area contributed by atoms with E-state index in [0.717, 1.165) is 10.9 Å². The van der Waals surface area contributed by atoms with E-state index in [1.165, 1.54) is 4.74 Å². The monoisotopic (exact) mass is 272 g/mol. The number of amides is 1. The number of hydrogen-bond donors (Lipinski definition) is 2. The highest BCUT2D eigenvalue weighted by molar-refractivity contribution is 6.05. The fourth-order valence-corrected chi connectivity index (χ4v) is 2.01. The molecule has 0 fully saturated rings. The lowest BCUT2D eigenvalue weighted by molar-refractivity contribution is 0.102. The van der Waals surface area contributed by atoms with Gasteiger partial charge in [0, 0.05) is 18.1 Å². The van der Waals surface area contributed by atoms with Gasteiger partial charge in [-0.2, -0.15) is 5.10 Å². The highest BCUT2D eigenvalue weighted by Crippen LogP contribution is 2.17. The van der Waals surface area contributed by atoms with Gasteiger partial charge < -0.3 is 9.84 Å². The number of benzene rings is 1. The fourth-order valence-electron chi connectivity index (χ4n) is 2.01. The number of carbonyl (C=O) groups excluding carboxylic acids is 1. The summed E-state index contributed by atoms with van der Waals surface area (Å²) in [6.45, 7) is 1.65. The standard InChI is InChI=1S/C13H12N4O3/c1-7-11(13(19)20-17(7)2)12(18)15-9-4-3-8-6-14-16-10(8)5-9/h3-6H,1-2H3,(H,14,16)(H,15,18). The molecule has 7 nitrogen and oxygen atoms in total. The molecule has 0 saturated heterocycles. The smallest absolute Gasteiger partial charge is 0.336 e. The highest BCUT2D eigenvalue weighted by Gasteiger charge is 2.19. The Balaban J connectivity index is 1.93. The van der Waals surface area contributed by atoms with Gasteiger partial charge in [0.05, 0.1) is 17.4 Å². The minimum Gasteiger partial charge on any atom is -0.336 e. The largest absolute Gasteiger partial charge is 0.370 e. The normalized spacial score (nSPS) is 10.9. The van der Waals surface area contributed by atoms with E-state index in [1.807, 2.05) is 6.07 Å². The molecule has 0 aliphatic carbocycles. The Labute approximate surface area is 113 Å². The van der Waals surface area contributed by atoms with E-state index in [4.69, 9.17) is 4.52 Å². The van der Waals surface area contributed by atoms with E-state index in [1.54, 1.807) is 32.3 Å². The first-order valence-corrected chi connectivity index (χ1v) is 5.97. The zero-order valence-corrected chi connectivity index (χ0v) is 10.9.